The zero-order valence-electron chi connectivity index (χ0n) is 9.32. The van der Waals surface area contributed by atoms with Crippen molar-refractivity contribution >= 4 is 5.91 Å². The summed E-state index contributed by atoms with van der Waals surface area (Å²) in [5, 5.41) is 2.85. The Labute approximate surface area is 94.1 Å². The third kappa shape index (κ3) is 2.72. The molecule has 0 aliphatic heterocycles. The van der Waals surface area contributed by atoms with Crippen LogP contribution in [-0.4, -0.2) is 16.9 Å². The quantitative estimate of drug-likeness (QED) is 0.803. The summed E-state index contributed by atoms with van der Waals surface area (Å²) in [7, 11) is 0. The summed E-state index contributed by atoms with van der Waals surface area (Å²) in [6, 6.07) is 1.50. The van der Waals surface area contributed by atoms with Crippen LogP contribution in [0, 0.1) is 5.92 Å². The first-order valence-electron chi connectivity index (χ1n) is 5.65. The number of hydrogen-bond acceptors (Lipinski definition) is 2. The SMILES string of the molecule is CC(CC1CC1)NC(=O)c1c[nH]ccc1=O. The van der Waals surface area contributed by atoms with Gasteiger partial charge in [-0.1, -0.05) is 12.8 Å². The van der Waals surface area contributed by atoms with E-state index in [-0.39, 0.29) is 22.9 Å². The maximum Gasteiger partial charge on any atom is 0.256 e. The number of amides is 1. The molecule has 4 nitrogen and oxygen atoms in total. The molecule has 1 heterocycles. The van der Waals surface area contributed by atoms with E-state index in [0.29, 0.717) is 0 Å². The fraction of sp³-hybridized carbons (Fsp3) is 0.500. The van der Waals surface area contributed by atoms with E-state index in [4.69, 9.17) is 0 Å². The third-order valence-corrected chi connectivity index (χ3v) is 2.83. The van der Waals surface area contributed by atoms with Gasteiger partial charge in [0.25, 0.3) is 5.91 Å². The smallest absolute Gasteiger partial charge is 0.256 e. The number of H-pyrrole nitrogens is 1. The lowest BCUT2D eigenvalue weighted by molar-refractivity contribution is 0.0936. The van der Waals surface area contributed by atoms with Crippen LogP contribution in [0.25, 0.3) is 0 Å². The minimum Gasteiger partial charge on any atom is -0.367 e. The first-order valence-corrected chi connectivity index (χ1v) is 5.65. The molecule has 1 aromatic heterocycles. The fourth-order valence-corrected chi connectivity index (χ4v) is 1.81. The second-order valence-electron chi connectivity index (χ2n) is 4.48. The Balaban J connectivity index is 1.96. The largest absolute Gasteiger partial charge is 0.367 e. The van der Waals surface area contributed by atoms with Crippen LogP contribution in [0.15, 0.2) is 23.3 Å². The summed E-state index contributed by atoms with van der Waals surface area (Å²) >= 11 is 0. The number of aromatic amines is 1. The van der Waals surface area contributed by atoms with Gasteiger partial charge in [0.15, 0.2) is 5.43 Å². The minimum atomic E-state index is -0.282. The molecule has 1 unspecified atom stereocenters. The van der Waals surface area contributed by atoms with Crippen molar-refractivity contribution < 1.29 is 4.79 Å². The van der Waals surface area contributed by atoms with Crippen molar-refractivity contribution in [1.29, 1.82) is 0 Å². The van der Waals surface area contributed by atoms with E-state index in [1.165, 1.54) is 31.3 Å². The van der Waals surface area contributed by atoms with E-state index < -0.39 is 0 Å². The predicted molar refractivity (Wildman–Crippen MR) is 61.3 cm³/mol. The summed E-state index contributed by atoms with van der Waals surface area (Å²) in [4.78, 5) is 25.9. The van der Waals surface area contributed by atoms with Crippen molar-refractivity contribution in [1.82, 2.24) is 10.3 Å². The number of pyridine rings is 1. The van der Waals surface area contributed by atoms with Crippen LogP contribution in [0.3, 0.4) is 0 Å². The maximum atomic E-state index is 11.7. The monoisotopic (exact) mass is 220 g/mol. The van der Waals surface area contributed by atoms with Crippen LogP contribution in [0.2, 0.25) is 0 Å². The predicted octanol–water partition coefficient (Wildman–Crippen LogP) is 1.29. The topological polar surface area (TPSA) is 62.0 Å². The van der Waals surface area contributed by atoms with E-state index >= 15 is 0 Å². The minimum absolute atomic E-state index is 0.139. The van der Waals surface area contributed by atoms with Crippen molar-refractivity contribution in [3.63, 3.8) is 0 Å². The highest BCUT2D eigenvalue weighted by atomic mass is 16.2. The van der Waals surface area contributed by atoms with E-state index in [9.17, 15) is 9.59 Å². The second kappa shape index (κ2) is 4.51. The Morgan fingerprint density at radius 1 is 1.62 bits per heavy atom. The number of aromatic nitrogens is 1. The van der Waals surface area contributed by atoms with Gasteiger partial charge in [-0.15, -0.1) is 0 Å². The molecule has 0 saturated heterocycles. The van der Waals surface area contributed by atoms with Crippen LogP contribution >= 0.6 is 0 Å². The molecule has 16 heavy (non-hydrogen) atoms. The van der Waals surface area contributed by atoms with Gasteiger partial charge in [-0.25, -0.2) is 0 Å². The van der Waals surface area contributed by atoms with E-state index in [1.54, 1.807) is 0 Å². The van der Waals surface area contributed by atoms with Crippen molar-refractivity contribution in [3.05, 3.63) is 34.2 Å². The van der Waals surface area contributed by atoms with Crippen molar-refractivity contribution in [2.24, 2.45) is 5.92 Å². The molecule has 1 amide bonds. The normalized spacial score (nSPS) is 16.8. The second-order valence-corrected chi connectivity index (χ2v) is 4.48. The zero-order valence-corrected chi connectivity index (χ0v) is 9.32. The van der Waals surface area contributed by atoms with E-state index in [2.05, 4.69) is 10.3 Å². The zero-order chi connectivity index (χ0) is 11.5. The van der Waals surface area contributed by atoms with Crippen LogP contribution in [0.5, 0.6) is 0 Å². The van der Waals surface area contributed by atoms with Crippen molar-refractivity contribution in [2.75, 3.05) is 0 Å². The molecule has 86 valence electrons. The molecule has 1 aliphatic rings. The summed E-state index contributed by atoms with van der Waals surface area (Å²) in [5.74, 6) is 0.486. The van der Waals surface area contributed by atoms with Gasteiger partial charge in [-0.05, 0) is 19.3 Å². The number of carbonyl (C=O) groups excluding carboxylic acids is 1. The molecule has 0 bridgehead atoms. The highest BCUT2D eigenvalue weighted by Crippen LogP contribution is 2.33. The van der Waals surface area contributed by atoms with E-state index in [0.717, 1.165) is 12.3 Å². The lowest BCUT2D eigenvalue weighted by Gasteiger charge is -2.12. The highest BCUT2D eigenvalue weighted by Gasteiger charge is 2.24. The highest BCUT2D eigenvalue weighted by molar-refractivity contribution is 5.93. The molecule has 4 heteroatoms. The van der Waals surface area contributed by atoms with Gasteiger partial charge in [0.1, 0.15) is 5.56 Å². The molecule has 1 atom stereocenters. The Morgan fingerprint density at radius 2 is 2.38 bits per heavy atom. The molecule has 0 radical (unpaired) electrons. The molecule has 1 saturated carbocycles. The van der Waals surface area contributed by atoms with Gasteiger partial charge in [0, 0.05) is 24.5 Å². The van der Waals surface area contributed by atoms with Gasteiger partial charge >= 0.3 is 0 Å². The maximum absolute atomic E-state index is 11.7. The number of carbonyl (C=O) groups is 1. The van der Waals surface area contributed by atoms with Crippen molar-refractivity contribution in [2.45, 2.75) is 32.2 Å². The molecule has 0 spiro atoms. The summed E-state index contributed by atoms with van der Waals surface area (Å²) in [6.45, 7) is 1.98. The lowest BCUT2D eigenvalue weighted by atomic mass is 10.1. The molecule has 0 aromatic carbocycles. The Hall–Kier alpha value is -1.58. The molecule has 2 rings (SSSR count). The van der Waals surface area contributed by atoms with Crippen molar-refractivity contribution in [3.8, 4) is 0 Å². The molecule has 1 aliphatic carbocycles. The Morgan fingerprint density at radius 3 is 3.00 bits per heavy atom. The van der Waals surface area contributed by atoms with Gasteiger partial charge in [-0.2, -0.15) is 0 Å². The van der Waals surface area contributed by atoms with Crippen LogP contribution in [0.4, 0.5) is 0 Å². The lowest BCUT2D eigenvalue weighted by Crippen LogP contribution is -2.35. The summed E-state index contributed by atoms with van der Waals surface area (Å²) in [6.07, 6.45) is 6.52. The van der Waals surface area contributed by atoms with Gasteiger partial charge in [0.2, 0.25) is 0 Å². The Bertz CT molecular complexity index is 435. The molecular formula is C12H16N2O2. The van der Waals surface area contributed by atoms with Gasteiger partial charge in [0.05, 0.1) is 0 Å². The summed E-state index contributed by atoms with van der Waals surface area (Å²) in [5.41, 5.74) is -0.0555. The average Bonchev–Trinajstić information content (AvgIpc) is 3.01. The first kappa shape index (κ1) is 10.9. The van der Waals surface area contributed by atoms with Gasteiger partial charge in [-0.3, -0.25) is 9.59 Å². The van der Waals surface area contributed by atoms with Crippen LogP contribution in [-0.2, 0) is 0 Å². The number of hydrogen-bond donors (Lipinski definition) is 2. The number of nitrogens with one attached hydrogen (secondary N) is 2. The molecule has 1 aromatic rings. The van der Waals surface area contributed by atoms with E-state index in [1.807, 2.05) is 6.92 Å². The standard InChI is InChI=1S/C12H16N2O2/c1-8(6-9-2-3-9)14-12(16)10-7-13-5-4-11(10)15/h4-5,7-9H,2-3,6H2,1H3,(H,13,15)(H,14,16). The molecular weight excluding hydrogens is 204 g/mol. The molecule has 2 N–H and O–H groups in total. The Kier molecular flexibility index (Phi) is 3.08. The third-order valence-electron chi connectivity index (χ3n) is 2.83. The fourth-order valence-electron chi connectivity index (χ4n) is 1.81. The summed E-state index contributed by atoms with van der Waals surface area (Å²) < 4.78 is 0. The first-order chi connectivity index (χ1) is 7.66. The number of rotatable bonds is 4. The van der Waals surface area contributed by atoms with Crippen LogP contribution < -0.4 is 10.7 Å². The van der Waals surface area contributed by atoms with Gasteiger partial charge < -0.3 is 10.3 Å². The van der Waals surface area contributed by atoms with Crippen LogP contribution in [0.1, 0.15) is 36.5 Å². The molecule has 1 fully saturated rings. The average molecular weight is 220 g/mol.